The molecular weight excluding hydrogens is 382 g/mol. The molecule has 0 aliphatic heterocycles. The number of carbonyl (C=O) groups is 1. The monoisotopic (exact) mass is 409 g/mol. The number of rotatable bonds is 6. The molecule has 0 saturated carbocycles. The van der Waals surface area contributed by atoms with Crippen LogP contribution in [0.15, 0.2) is 47.0 Å². The van der Waals surface area contributed by atoms with Crippen LogP contribution in [0.2, 0.25) is 0 Å². The predicted octanol–water partition coefficient (Wildman–Crippen LogP) is 4.54. The summed E-state index contributed by atoms with van der Waals surface area (Å²) in [5.74, 6) is 1.71. The van der Waals surface area contributed by atoms with E-state index in [2.05, 4.69) is 36.2 Å². The van der Waals surface area contributed by atoms with E-state index in [1.54, 1.807) is 33.3 Å². The molecule has 1 heterocycles. The molecule has 0 aliphatic carbocycles. The maximum Gasteiger partial charge on any atom is 0.251 e. The minimum atomic E-state index is -0.443. The molecule has 0 aliphatic rings. The molecule has 0 bridgehead atoms. The van der Waals surface area contributed by atoms with Crippen molar-refractivity contribution in [2.45, 2.75) is 39.2 Å². The average Bonchev–Trinajstić information content (AvgIpc) is 3.23. The highest BCUT2D eigenvalue weighted by atomic mass is 16.5. The summed E-state index contributed by atoms with van der Waals surface area (Å²) < 4.78 is 15.9. The lowest BCUT2D eigenvalue weighted by Gasteiger charge is -2.19. The number of nitrogens with one attached hydrogen (secondary N) is 1. The number of aromatic nitrogens is 2. The van der Waals surface area contributed by atoms with E-state index in [9.17, 15) is 4.79 Å². The molecule has 1 N–H and O–H groups in total. The average molecular weight is 409 g/mol. The minimum Gasteiger partial charge on any atom is -0.493 e. The summed E-state index contributed by atoms with van der Waals surface area (Å²) >= 11 is 0. The van der Waals surface area contributed by atoms with Crippen LogP contribution in [0.1, 0.15) is 55.5 Å². The lowest BCUT2D eigenvalue weighted by molar-refractivity contribution is 0.0932. The zero-order valence-electron chi connectivity index (χ0n) is 18.1. The number of carbonyl (C=O) groups excluding carboxylic acids is 1. The van der Waals surface area contributed by atoms with Gasteiger partial charge in [-0.05, 0) is 48.2 Å². The third-order valence-electron chi connectivity index (χ3n) is 4.81. The van der Waals surface area contributed by atoms with Gasteiger partial charge in [0, 0.05) is 11.1 Å². The van der Waals surface area contributed by atoms with E-state index in [4.69, 9.17) is 14.0 Å². The van der Waals surface area contributed by atoms with Crippen molar-refractivity contribution in [1.82, 2.24) is 15.5 Å². The molecule has 0 spiro atoms. The Hall–Kier alpha value is -3.35. The summed E-state index contributed by atoms with van der Waals surface area (Å²) in [5, 5.41) is 6.92. The maximum atomic E-state index is 12.6. The number of methoxy groups -OCH3 is 2. The molecule has 0 fully saturated rings. The third-order valence-corrected chi connectivity index (χ3v) is 4.81. The molecule has 3 rings (SSSR count). The third kappa shape index (κ3) is 4.62. The van der Waals surface area contributed by atoms with Gasteiger partial charge in [0.2, 0.25) is 11.7 Å². The van der Waals surface area contributed by atoms with Gasteiger partial charge in [-0.25, -0.2) is 0 Å². The van der Waals surface area contributed by atoms with Crippen LogP contribution >= 0.6 is 0 Å². The van der Waals surface area contributed by atoms with E-state index < -0.39 is 6.04 Å². The highest BCUT2D eigenvalue weighted by Gasteiger charge is 2.20. The van der Waals surface area contributed by atoms with Crippen LogP contribution in [0.3, 0.4) is 0 Å². The van der Waals surface area contributed by atoms with E-state index in [-0.39, 0.29) is 11.3 Å². The van der Waals surface area contributed by atoms with Crippen molar-refractivity contribution < 1.29 is 18.8 Å². The second kappa shape index (κ2) is 8.57. The fourth-order valence-electron chi connectivity index (χ4n) is 2.97. The Kier molecular flexibility index (Phi) is 6.10. The maximum absolute atomic E-state index is 12.6. The van der Waals surface area contributed by atoms with Crippen molar-refractivity contribution in [3.8, 4) is 22.9 Å². The first-order chi connectivity index (χ1) is 14.2. The van der Waals surface area contributed by atoms with E-state index in [0.717, 1.165) is 5.56 Å². The number of amides is 1. The van der Waals surface area contributed by atoms with Crippen molar-refractivity contribution in [1.29, 1.82) is 0 Å². The van der Waals surface area contributed by atoms with Crippen LogP contribution in [0.4, 0.5) is 0 Å². The van der Waals surface area contributed by atoms with Crippen molar-refractivity contribution in [3.63, 3.8) is 0 Å². The molecule has 0 radical (unpaired) electrons. The van der Waals surface area contributed by atoms with E-state index in [1.807, 2.05) is 30.3 Å². The van der Waals surface area contributed by atoms with E-state index >= 15 is 0 Å². The second-order valence-electron chi connectivity index (χ2n) is 8.05. The Morgan fingerprint density at radius 2 is 1.70 bits per heavy atom. The molecule has 7 heteroatoms. The zero-order valence-corrected chi connectivity index (χ0v) is 18.1. The van der Waals surface area contributed by atoms with Crippen LogP contribution in [0.25, 0.3) is 11.4 Å². The van der Waals surface area contributed by atoms with Gasteiger partial charge in [-0.2, -0.15) is 4.98 Å². The highest BCUT2D eigenvalue weighted by Crippen LogP contribution is 2.31. The quantitative estimate of drug-likeness (QED) is 0.643. The summed E-state index contributed by atoms with van der Waals surface area (Å²) in [7, 11) is 3.14. The molecule has 0 saturated heterocycles. The molecule has 3 aromatic rings. The fourth-order valence-corrected chi connectivity index (χ4v) is 2.97. The molecule has 30 heavy (non-hydrogen) atoms. The highest BCUT2D eigenvalue weighted by molar-refractivity contribution is 5.94. The van der Waals surface area contributed by atoms with Crippen molar-refractivity contribution >= 4 is 5.91 Å². The Bertz CT molecular complexity index is 1020. The number of hydrogen-bond donors (Lipinski definition) is 1. The summed E-state index contributed by atoms with van der Waals surface area (Å²) in [6.45, 7) is 8.20. The number of ether oxygens (including phenoxy) is 2. The van der Waals surface area contributed by atoms with Gasteiger partial charge >= 0.3 is 0 Å². The van der Waals surface area contributed by atoms with Gasteiger partial charge in [0.05, 0.1) is 14.2 Å². The Morgan fingerprint density at radius 3 is 2.30 bits per heavy atom. The molecular formula is C23H27N3O4. The number of hydrogen-bond acceptors (Lipinski definition) is 6. The van der Waals surface area contributed by atoms with Gasteiger partial charge in [-0.3, -0.25) is 4.79 Å². The van der Waals surface area contributed by atoms with E-state index in [0.29, 0.717) is 28.8 Å². The van der Waals surface area contributed by atoms with Crippen LogP contribution < -0.4 is 14.8 Å². The van der Waals surface area contributed by atoms with Gasteiger partial charge < -0.3 is 19.3 Å². The van der Waals surface area contributed by atoms with Crippen LogP contribution in [0.5, 0.6) is 11.5 Å². The summed E-state index contributed by atoms with van der Waals surface area (Å²) in [6.07, 6.45) is 0. The molecule has 2 aromatic carbocycles. The minimum absolute atomic E-state index is 0.0343. The first-order valence-electron chi connectivity index (χ1n) is 9.70. The van der Waals surface area contributed by atoms with Crippen molar-refractivity contribution in [2.24, 2.45) is 0 Å². The fraction of sp³-hybridized carbons (Fsp3) is 0.348. The predicted molar refractivity (Wildman–Crippen MR) is 114 cm³/mol. The topological polar surface area (TPSA) is 86.5 Å². The van der Waals surface area contributed by atoms with Gasteiger partial charge in [0.15, 0.2) is 11.5 Å². The Morgan fingerprint density at radius 1 is 1.03 bits per heavy atom. The smallest absolute Gasteiger partial charge is 0.251 e. The van der Waals surface area contributed by atoms with Gasteiger partial charge in [0.25, 0.3) is 5.91 Å². The standard InChI is InChI=1S/C23H27N3O4/c1-14(24-21(27)15-7-10-17(11-8-15)23(2,3)4)22-25-20(26-30-22)16-9-12-18(28-5)19(13-16)29-6/h7-14H,1-6H3,(H,24,27)/t14-/m1/s1. The molecule has 1 aromatic heterocycles. The molecule has 158 valence electrons. The molecule has 1 atom stereocenters. The Labute approximate surface area is 176 Å². The zero-order chi connectivity index (χ0) is 21.9. The van der Waals surface area contributed by atoms with Crippen LogP contribution in [-0.4, -0.2) is 30.3 Å². The largest absolute Gasteiger partial charge is 0.493 e. The normalized spacial score (nSPS) is 12.3. The second-order valence-corrected chi connectivity index (χ2v) is 8.05. The molecule has 7 nitrogen and oxygen atoms in total. The van der Waals surface area contributed by atoms with Crippen molar-refractivity contribution in [3.05, 3.63) is 59.5 Å². The van der Waals surface area contributed by atoms with Gasteiger partial charge in [-0.15, -0.1) is 0 Å². The van der Waals surface area contributed by atoms with Gasteiger partial charge in [0.1, 0.15) is 6.04 Å². The van der Waals surface area contributed by atoms with E-state index in [1.165, 1.54) is 5.56 Å². The molecule has 0 unspecified atom stereocenters. The van der Waals surface area contributed by atoms with Gasteiger partial charge in [-0.1, -0.05) is 38.1 Å². The first kappa shape index (κ1) is 21.4. The number of benzene rings is 2. The van der Waals surface area contributed by atoms with Crippen LogP contribution in [-0.2, 0) is 5.41 Å². The van der Waals surface area contributed by atoms with Crippen molar-refractivity contribution in [2.75, 3.05) is 14.2 Å². The lowest BCUT2D eigenvalue weighted by Crippen LogP contribution is -2.27. The lowest BCUT2D eigenvalue weighted by atomic mass is 9.86. The van der Waals surface area contributed by atoms with Crippen LogP contribution in [0, 0.1) is 0 Å². The summed E-state index contributed by atoms with van der Waals surface area (Å²) in [5.41, 5.74) is 2.50. The SMILES string of the molecule is COc1ccc(-c2noc([C@@H](C)NC(=O)c3ccc(C(C)(C)C)cc3)n2)cc1OC. The number of nitrogens with zero attached hydrogens (tertiary/aromatic N) is 2. The summed E-state index contributed by atoms with van der Waals surface area (Å²) in [6, 6.07) is 12.5. The molecule has 1 amide bonds. The summed E-state index contributed by atoms with van der Waals surface area (Å²) in [4.78, 5) is 17.0. The first-order valence-corrected chi connectivity index (χ1v) is 9.70. The Balaban J connectivity index is 1.72.